The first-order valence-electron chi connectivity index (χ1n) is 4.23. The van der Waals surface area contributed by atoms with Gasteiger partial charge in [0.2, 0.25) is 0 Å². The van der Waals surface area contributed by atoms with Crippen molar-refractivity contribution in [1.82, 2.24) is 0 Å². The third-order valence-electron chi connectivity index (χ3n) is 1.55. The summed E-state index contributed by atoms with van der Waals surface area (Å²) >= 11 is 5.57. The number of hydrogen-bond acceptors (Lipinski definition) is 2. The molecule has 1 N–H and O–H groups in total. The number of carboxylic acid groups (broad SMARTS) is 1. The minimum atomic E-state index is -4.82. The molecule has 7 heteroatoms. The molecule has 1 aromatic rings. The Bertz CT molecular complexity index is 455. The van der Waals surface area contributed by atoms with E-state index in [1.54, 1.807) is 0 Å². The molecule has 0 saturated heterocycles. The fourth-order valence-electron chi connectivity index (χ4n) is 1.04. The Hall–Kier alpha value is -1.69. The van der Waals surface area contributed by atoms with Crippen molar-refractivity contribution in [3.8, 4) is 5.75 Å². The lowest BCUT2D eigenvalue weighted by molar-refractivity contribution is -0.274. The minimum absolute atomic E-state index is 0.0109. The summed E-state index contributed by atoms with van der Waals surface area (Å²) in [5.74, 6) is -1.72. The Kier molecular flexibility index (Phi) is 4.01. The molecule has 0 bridgehead atoms. The second kappa shape index (κ2) is 5.09. The van der Waals surface area contributed by atoms with E-state index in [2.05, 4.69) is 4.74 Å². The Morgan fingerprint density at radius 1 is 1.35 bits per heavy atom. The third kappa shape index (κ3) is 5.26. The smallest absolute Gasteiger partial charge is 0.478 e. The molecule has 0 heterocycles. The highest BCUT2D eigenvalue weighted by atomic mass is 35.5. The summed E-state index contributed by atoms with van der Waals surface area (Å²) in [6.07, 6.45) is -2.93. The second-order valence-corrected chi connectivity index (χ2v) is 3.38. The topological polar surface area (TPSA) is 46.5 Å². The van der Waals surface area contributed by atoms with Crippen LogP contribution in [-0.2, 0) is 4.79 Å². The van der Waals surface area contributed by atoms with E-state index >= 15 is 0 Å². The molecule has 0 aliphatic carbocycles. The van der Waals surface area contributed by atoms with Crippen LogP contribution in [0.4, 0.5) is 13.2 Å². The molecule has 3 nitrogen and oxygen atoms in total. The maximum absolute atomic E-state index is 11.9. The van der Waals surface area contributed by atoms with E-state index in [1.165, 1.54) is 6.07 Å². The average molecular weight is 267 g/mol. The number of aliphatic carboxylic acids is 1. The van der Waals surface area contributed by atoms with Gasteiger partial charge in [-0.1, -0.05) is 11.6 Å². The molecule has 1 rings (SSSR count). The van der Waals surface area contributed by atoms with Crippen LogP contribution in [0, 0.1) is 0 Å². The predicted molar refractivity (Wildman–Crippen MR) is 54.8 cm³/mol. The van der Waals surface area contributed by atoms with Crippen LogP contribution in [0.5, 0.6) is 5.75 Å². The van der Waals surface area contributed by atoms with Gasteiger partial charge in [-0.2, -0.15) is 0 Å². The van der Waals surface area contributed by atoms with Gasteiger partial charge in [0, 0.05) is 11.1 Å². The number of rotatable bonds is 3. The molecule has 0 aliphatic heterocycles. The standard InChI is InChI=1S/C10H6ClF3O3/c11-7-3-6(1-2-9(15)16)4-8(5-7)17-10(12,13)14/h1-5H,(H,15,16)/b2-1+. The summed E-state index contributed by atoms with van der Waals surface area (Å²) in [5.41, 5.74) is 0.194. The molecule has 0 saturated carbocycles. The van der Waals surface area contributed by atoms with Gasteiger partial charge >= 0.3 is 12.3 Å². The van der Waals surface area contributed by atoms with Crippen LogP contribution in [0.25, 0.3) is 6.08 Å². The van der Waals surface area contributed by atoms with Crippen LogP contribution in [0.1, 0.15) is 5.56 Å². The first-order valence-corrected chi connectivity index (χ1v) is 4.61. The summed E-state index contributed by atoms with van der Waals surface area (Å²) in [5, 5.41) is 8.38. The van der Waals surface area contributed by atoms with E-state index in [1.807, 2.05) is 0 Å². The van der Waals surface area contributed by atoms with Crippen molar-refractivity contribution in [2.24, 2.45) is 0 Å². The van der Waals surface area contributed by atoms with Crippen LogP contribution in [0.3, 0.4) is 0 Å². The molecule has 1 aromatic carbocycles. The van der Waals surface area contributed by atoms with Gasteiger partial charge in [-0.3, -0.25) is 0 Å². The van der Waals surface area contributed by atoms with Gasteiger partial charge < -0.3 is 9.84 Å². The number of ether oxygens (including phenoxy) is 1. The van der Waals surface area contributed by atoms with Gasteiger partial charge in [0.15, 0.2) is 0 Å². The molecule has 92 valence electrons. The van der Waals surface area contributed by atoms with Crippen molar-refractivity contribution < 1.29 is 27.8 Å². The number of carboxylic acids is 1. The molecule has 0 fully saturated rings. The lowest BCUT2D eigenvalue weighted by atomic mass is 10.2. The monoisotopic (exact) mass is 266 g/mol. The fraction of sp³-hybridized carbons (Fsp3) is 0.100. The van der Waals surface area contributed by atoms with E-state index < -0.39 is 18.1 Å². The second-order valence-electron chi connectivity index (χ2n) is 2.94. The maximum Gasteiger partial charge on any atom is 0.573 e. The van der Waals surface area contributed by atoms with Crippen molar-refractivity contribution in [1.29, 1.82) is 0 Å². The Morgan fingerprint density at radius 3 is 2.53 bits per heavy atom. The van der Waals surface area contributed by atoms with Crippen LogP contribution in [-0.4, -0.2) is 17.4 Å². The van der Waals surface area contributed by atoms with Crippen LogP contribution in [0.15, 0.2) is 24.3 Å². The normalized spacial score (nSPS) is 11.8. The molecule has 17 heavy (non-hydrogen) atoms. The van der Waals surface area contributed by atoms with Crippen LogP contribution < -0.4 is 4.74 Å². The average Bonchev–Trinajstić information content (AvgIpc) is 2.10. The number of benzene rings is 1. The Morgan fingerprint density at radius 2 is 2.00 bits per heavy atom. The summed E-state index contributed by atoms with van der Waals surface area (Å²) in [6.45, 7) is 0. The van der Waals surface area contributed by atoms with E-state index in [4.69, 9.17) is 16.7 Å². The zero-order chi connectivity index (χ0) is 13.1. The summed E-state index contributed by atoms with van der Waals surface area (Å²) < 4.78 is 39.5. The first-order chi connectivity index (χ1) is 7.76. The highest BCUT2D eigenvalue weighted by Gasteiger charge is 2.31. The van der Waals surface area contributed by atoms with E-state index in [0.29, 0.717) is 0 Å². The molecule has 0 amide bonds. The Labute approximate surface area is 99.1 Å². The van der Waals surface area contributed by atoms with Gasteiger partial charge in [-0.05, 0) is 29.8 Å². The predicted octanol–water partition coefficient (Wildman–Crippen LogP) is 3.34. The fourth-order valence-corrected chi connectivity index (χ4v) is 1.27. The first kappa shape index (κ1) is 13.4. The maximum atomic E-state index is 11.9. The van der Waals surface area contributed by atoms with Crippen LogP contribution >= 0.6 is 11.6 Å². The number of hydrogen-bond donors (Lipinski definition) is 1. The van der Waals surface area contributed by atoms with Crippen molar-refractivity contribution in [3.63, 3.8) is 0 Å². The number of alkyl halides is 3. The summed E-state index contributed by atoms with van der Waals surface area (Å²) in [4.78, 5) is 10.2. The lowest BCUT2D eigenvalue weighted by Gasteiger charge is -2.09. The molecule has 0 atom stereocenters. The zero-order valence-electron chi connectivity index (χ0n) is 8.16. The minimum Gasteiger partial charge on any atom is -0.478 e. The molecular formula is C10H6ClF3O3. The molecule has 0 radical (unpaired) electrons. The molecular weight excluding hydrogens is 261 g/mol. The van der Waals surface area contributed by atoms with Gasteiger partial charge in [-0.15, -0.1) is 13.2 Å². The van der Waals surface area contributed by atoms with Crippen molar-refractivity contribution in [3.05, 3.63) is 34.9 Å². The third-order valence-corrected chi connectivity index (χ3v) is 1.76. The van der Waals surface area contributed by atoms with Crippen molar-refractivity contribution in [2.75, 3.05) is 0 Å². The van der Waals surface area contributed by atoms with Crippen molar-refractivity contribution in [2.45, 2.75) is 6.36 Å². The highest BCUT2D eigenvalue weighted by molar-refractivity contribution is 6.30. The van der Waals surface area contributed by atoms with Gasteiger partial charge in [0.25, 0.3) is 0 Å². The van der Waals surface area contributed by atoms with E-state index in [9.17, 15) is 18.0 Å². The highest BCUT2D eigenvalue weighted by Crippen LogP contribution is 2.27. The molecule has 0 aliphatic rings. The SMILES string of the molecule is O=C(O)/C=C/c1cc(Cl)cc(OC(F)(F)F)c1. The molecule has 0 unspecified atom stereocenters. The quantitative estimate of drug-likeness (QED) is 0.854. The zero-order valence-corrected chi connectivity index (χ0v) is 8.92. The van der Waals surface area contributed by atoms with Gasteiger partial charge in [0.1, 0.15) is 5.75 Å². The van der Waals surface area contributed by atoms with Gasteiger partial charge in [0.05, 0.1) is 0 Å². The van der Waals surface area contributed by atoms with Gasteiger partial charge in [-0.25, -0.2) is 4.79 Å². The lowest BCUT2D eigenvalue weighted by Crippen LogP contribution is -2.17. The van der Waals surface area contributed by atoms with Crippen molar-refractivity contribution >= 4 is 23.6 Å². The summed E-state index contributed by atoms with van der Waals surface area (Å²) in [7, 11) is 0. The number of halogens is 4. The summed E-state index contributed by atoms with van der Waals surface area (Å²) in [6, 6.07) is 3.32. The van der Waals surface area contributed by atoms with Crippen LogP contribution in [0.2, 0.25) is 5.02 Å². The molecule has 0 aromatic heterocycles. The van der Waals surface area contributed by atoms with E-state index in [-0.39, 0.29) is 10.6 Å². The number of carbonyl (C=O) groups is 1. The van der Waals surface area contributed by atoms with E-state index in [0.717, 1.165) is 24.3 Å². The Balaban J connectivity index is 2.98. The molecule has 0 spiro atoms. The largest absolute Gasteiger partial charge is 0.573 e.